The summed E-state index contributed by atoms with van der Waals surface area (Å²) in [5.74, 6) is 3.66. The van der Waals surface area contributed by atoms with Crippen LogP contribution in [0.25, 0.3) is 16.9 Å². The molecule has 0 aromatic heterocycles. The van der Waals surface area contributed by atoms with Crippen molar-refractivity contribution in [2.75, 3.05) is 0 Å². The van der Waals surface area contributed by atoms with Crippen LogP contribution in [0, 0.1) is 29.7 Å². The summed E-state index contributed by atoms with van der Waals surface area (Å²) in [6.07, 6.45) is 7.12. The van der Waals surface area contributed by atoms with Crippen LogP contribution in [0.15, 0.2) is 138 Å². The summed E-state index contributed by atoms with van der Waals surface area (Å²) < 4.78 is 3.05. The van der Waals surface area contributed by atoms with Gasteiger partial charge in [0.25, 0.3) is 0 Å². The molecule has 1 atom stereocenters. The van der Waals surface area contributed by atoms with Gasteiger partial charge in [0.05, 0.1) is 0 Å². The summed E-state index contributed by atoms with van der Waals surface area (Å²) in [6, 6.07) is 42.3. The van der Waals surface area contributed by atoms with Crippen molar-refractivity contribution < 1.29 is 25.8 Å². The molecule has 43 heavy (non-hydrogen) atoms. The molecule has 4 aromatic carbocycles. The van der Waals surface area contributed by atoms with E-state index in [0.29, 0.717) is 5.92 Å². The monoisotopic (exact) mass is 792 g/mol. The number of hydrogen-bond donors (Lipinski definition) is 0. The second-order valence-corrected chi connectivity index (χ2v) is 15.8. The maximum Gasteiger partial charge on any atom is -0.0184 e. The third-order valence-electron chi connectivity index (χ3n) is 9.44. The van der Waals surface area contributed by atoms with Gasteiger partial charge in [-0.2, -0.15) is 11.1 Å². The van der Waals surface area contributed by atoms with Crippen LogP contribution < -0.4 is 8.79 Å². The molecule has 0 amide bonds. The van der Waals surface area contributed by atoms with Gasteiger partial charge in [0.15, 0.2) is 0 Å². The average molecular weight is 790 g/mol. The minimum atomic E-state index is -0.392. The molecule has 9 rings (SSSR count). The van der Waals surface area contributed by atoms with Crippen LogP contribution in [0.1, 0.15) is 47.0 Å². The molecule has 4 saturated carbocycles. The zero-order chi connectivity index (χ0) is 29.5. The Morgan fingerprint density at radius 1 is 0.605 bits per heavy atom. The predicted molar refractivity (Wildman–Crippen MR) is 183 cm³/mol. The van der Waals surface area contributed by atoms with Crippen molar-refractivity contribution in [3.63, 3.8) is 0 Å². The fraction of sp³-hybridized carbons (Fsp3) is 0.300. The molecule has 0 spiro atoms. The van der Waals surface area contributed by atoms with Gasteiger partial charge in [-0.25, -0.2) is 5.57 Å². The molecule has 1 nitrogen and oxygen atoms in total. The van der Waals surface area contributed by atoms with E-state index >= 15 is 0 Å². The Morgan fingerprint density at radius 2 is 0.953 bits per heavy atom. The van der Waals surface area contributed by atoms with Gasteiger partial charge in [0, 0.05) is 25.8 Å². The average Bonchev–Trinajstić information content (AvgIpc) is 3.39. The van der Waals surface area contributed by atoms with Crippen molar-refractivity contribution in [3.05, 3.63) is 150 Å². The molecule has 0 aliphatic heterocycles. The summed E-state index contributed by atoms with van der Waals surface area (Å²) >= 11 is -0.392. The minimum Gasteiger partial charge on any atom is -0.0622 e. The van der Waals surface area contributed by atoms with E-state index in [4.69, 9.17) is 5.73 Å². The van der Waals surface area contributed by atoms with Crippen molar-refractivity contribution in [3.8, 4) is 11.1 Å². The van der Waals surface area contributed by atoms with E-state index in [-0.39, 0.29) is 31.4 Å². The molecule has 5 aliphatic carbocycles. The van der Waals surface area contributed by atoms with Crippen molar-refractivity contribution in [2.45, 2.75) is 52.5 Å². The second kappa shape index (κ2) is 15.6. The molecule has 4 bridgehead atoms. The Balaban J connectivity index is 0.000000132. The Hall–Kier alpha value is -2.27. The van der Waals surface area contributed by atoms with Gasteiger partial charge < -0.3 is 5.73 Å². The van der Waals surface area contributed by atoms with Crippen LogP contribution in [0.4, 0.5) is 0 Å². The Labute approximate surface area is 285 Å². The first-order chi connectivity index (χ1) is 20.3. The molecule has 1 N–H and O–H groups in total. The van der Waals surface area contributed by atoms with Crippen molar-refractivity contribution in [1.82, 2.24) is 0 Å². The van der Waals surface area contributed by atoms with E-state index in [1.54, 1.807) is 0 Å². The van der Waals surface area contributed by atoms with Crippen LogP contribution in [-0.4, -0.2) is 21.0 Å². The van der Waals surface area contributed by atoms with E-state index < -0.39 is 15.4 Å². The van der Waals surface area contributed by atoms with Gasteiger partial charge in [-0.3, -0.25) is 6.08 Å². The van der Waals surface area contributed by atoms with Crippen molar-refractivity contribution in [2.24, 2.45) is 23.7 Å². The standard InChI is InChI=1S/C12H11Ge.C12H10.C9H13.C7H10N.Hf/c1-3-7-11(8-4-1)13-12-9-5-2-6-10-12;1-3-7-11(8-4-1)12-9-5-2-6-10-12;1-6-5-7(2)9(4)8(6)3;8-7-1-4-5(2-7)6(4)3-7;/h1-10,13H;1-10H;6H,1-4H3;4-6,8H,1-3H2;/q;;2*-1;. The molecular weight excluding hydrogens is 746 g/mol. The molecule has 1 radical (unpaired) electrons. The maximum absolute atomic E-state index is 7.79. The van der Waals surface area contributed by atoms with Gasteiger partial charge in [-0.05, 0) is 28.9 Å². The van der Waals surface area contributed by atoms with Crippen LogP contribution in [-0.2, 0) is 25.8 Å². The van der Waals surface area contributed by atoms with Crippen molar-refractivity contribution in [1.29, 1.82) is 0 Å². The van der Waals surface area contributed by atoms with Crippen LogP contribution >= 0.6 is 0 Å². The van der Waals surface area contributed by atoms with Gasteiger partial charge >= 0.3 is 84.9 Å². The number of nitrogens with one attached hydrogen (secondary N) is 1. The first kappa shape index (κ1) is 33.6. The molecule has 0 heterocycles. The Bertz CT molecular complexity index is 1370. The molecule has 219 valence electrons. The molecule has 4 fully saturated rings. The Morgan fingerprint density at radius 3 is 1.19 bits per heavy atom. The maximum atomic E-state index is 7.79. The number of allylic oxidation sites excluding steroid dienone is 4. The third kappa shape index (κ3) is 9.13. The summed E-state index contributed by atoms with van der Waals surface area (Å²) in [5, 5.41) is 0. The largest absolute Gasteiger partial charge is 0.0622 e. The molecule has 5 aliphatic rings. The van der Waals surface area contributed by atoms with Gasteiger partial charge in [-0.1, -0.05) is 107 Å². The fourth-order valence-corrected chi connectivity index (χ4v) is 9.30. The summed E-state index contributed by atoms with van der Waals surface area (Å²) in [4.78, 5) is 0. The smallest absolute Gasteiger partial charge is 0.0184 e. The zero-order valence-corrected chi connectivity index (χ0v) is 32.1. The van der Waals surface area contributed by atoms with Crippen molar-refractivity contribution >= 4 is 24.2 Å². The number of benzene rings is 4. The zero-order valence-electron chi connectivity index (χ0n) is 26.1. The first-order valence-corrected chi connectivity index (χ1v) is 17.8. The van der Waals surface area contributed by atoms with E-state index in [9.17, 15) is 0 Å². The summed E-state index contributed by atoms with van der Waals surface area (Å²) in [5.41, 5.74) is 14.7. The van der Waals surface area contributed by atoms with Crippen LogP contribution in [0.2, 0.25) is 0 Å². The first-order valence-electron chi connectivity index (χ1n) is 15.4. The third-order valence-corrected chi connectivity index (χ3v) is 12.5. The summed E-state index contributed by atoms with van der Waals surface area (Å²) in [6.45, 7) is 8.67. The van der Waals surface area contributed by atoms with Gasteiger partial charge in [-0.15, -0.1) is 12.5 Å². The normalized spacial score (nSPS) is 25.1. The molecule has 1 unspecified atom stereocenters. The van der Waals surface area contributed by atoms with Crippen LogP contribution in [0.5, 0.6) is 0 Å². The second-order valence-electron chi connectivity index (χ2n) is 12.4. The SMILES string of the molecule is CC1=[C-]C(C)C(C)=C1C.[Hf].[NH-]C12CC3C(C1)C3C2.c1cc[c]([GeH][c]2ccccc2)cc1.c1ccc(-c2ccccc2)cc1. The van der Waals surface area contributed by atoms with E-state index in [1.807, 2.05) is 12.1 Å². The molecule has 0 saturated heterocycles. The van der Waals surface area contributed by atoms with E-state index in [1.165, 1.54) is 55.9 Å². The number of rotatable bonds is 3. The predicted octanol–water partition coefficient (Wildman–Crippen LogP) is 8.98. The van der Waals surface area contributed by atoms with E-state index in [2.05, 4.69) is 143 Å². The minimum absolute atomic E-state index is 0. The molecule has 3 heteroatoms. The van der Waals surface area contributed by atoms with Crippen LogP contribution in [0.3, 0.4) is 0 Å². The molecule has 4 aromatic rings. The van der Waals surface area contributed by atoms with Gasteiger partial charge in [0.2, 0.25) is 0 Å². The van der Waals surface area contributed by atoms with E-state index in [0.717, 1.165) is 17.8 Å². The number of hydrogen-bond acceptors (Lipinski definition) is 0. The quantitative estimate of drug-likeness (QED) is 0.146. The molecular formula is C40H44GeHfN-2. The summed E-state index contributed by atoms with van der Waals surface area (Å²) in [7, 11) is 0. The van der Waals surface area contributed by atoms with Gasteiger partial charge in [0.1, 0.15) is 0 Å². The Kier molecular flexibility index (Phi) is 12.2. The topological polar surface area (TPSA) is 23.8 Å². The fourth-order valence-electron chi connectivity index (χ4n) is 6.75.